The molecule has 0 rings (SSSR count). The van der Waals surface area contributed by atoms with Crippen molar-refractivity contribution >= 4 is 17.7 Å². The van der Waals surface area contributed by atoms with Gasteiger partial charge in [0.25, 0.3) is 0 Å². The Labute approximate surface area is 106 Å². The van der Waals surface area contributed by atoms with Gasteiger partial charge in [-0.15, -0.1) is 0 Å². The molecule has 1 N–H and O–H groups in total. The van der Waals surface area contributed by atoms with E-state index in [9.17, 15) is 14.4 Å². The van der Waals surface area contributed by atoms with Crippen molar-refractivity contribution < 1.29 is 29.0 Å². The molecule has 0 unspecified atom stereocenters. The number of carbonyl (C=O) groups excluding carboxylic acids is 2. The van der Waals surface area contributed by atoms with Crippen molar-refractivity contribution in [2.45, 2.75) is 12.8 Å². The van der Waals surface area contributed by atoms with Gasteiger partial charge in [-0.25, -0.2) is 4.79 Å². The fraction of sp³-hybridized carbons (Fsp3) is 0.727. The van der Waals surface area contributed by atoms with Crippen LogP contribution in [0.15, 0.2) is 0 Å². The number of Topliss-reactive ketones (excluding diaryl/α,β-unsaturated/α-hetero) is 1. The average molecular weight is 261 g/mol. The van der Waals surface area contributed by atoms with Crippen LogP contribution in [0.1, 0.15) is 12.8 Å². The number of esters is 1. The molecule has 104 valence electrons. The van der Waals surface area contributed by atoms with Crippen LogP contribution < -0.4 is 0 Å². The van der Waals surface area contributed by atoms with E-state index in [4.69, 9.17) is 14.6 Å². The highest BCUT2D eigenvalue weighted by molar-refractivity contribution is 6.32. The normalized spacial score (nSPS) is 10.4. The molecule has 7 nitrogen and oxygen atoms in total. The van der Waals surface area contributed by atoms with E-state index in [-0.39, 0.29) is 26.1 Å². The van der Waals surface area contributed by atoms with Crippen LogP contribution >= 0.6 is 0 Å². The van der Waals surface area contributed by atoms with Crippen molar-refractivity contribution in [3.05, 3.63) is 0 Å². The fourth-order valence-corrected chi connectivity index (χ4v) is 0.958. The van der Waals surface area contributed by atoms with Crippen LogP contribution in [-0.2, 0) is 23.9 Å². The van der Waals surface area contributed by atoms with E-state index in [1.807, 2.05) is 19.0 Å². The van der Waals surface area contributed by atoms with Crippen LogP contribution in [0.4, 0.5) is 0 Å². The summed E-state index contributed by atoms with van der Waals surface area (Å²) in [6.45, 7) is 1.71. The summed E-state index contributed by atoms with van der Waals surface area (Å²) in [6, 6.07) is 0. The molecule has 0 heterocycles. The van der Waals surface area contributed by atoms with Gasteiger partial charge < -0.3 is 19.5 Å². The molecular weight excluding hydrogens is 242 g/mol. The van der Waals surface area contributed by atoms with Crippen molar-refractivity contribution in [3.63, 3.8) is 0 Å². The van der Waals surface area contributed by atoms with E-state index in [2.05, 4.69) is 0 Å². The van der Waals surface area contributed by atoms with Crippen molar-refractivity contribution in [2.24, 2.45) is 0 Å². The Kier molecular flexibility index (Phi) is 8.77. The first-order chi connectivity index (χ1) is 8.43. The summed E-state index contributed by atoms with van der Waals surface area (Å²) in [5.41, 5.74) is 0. The van der Waals surface area contributed by atoms with E-state index >= 15 is 0 Å². The summed E-state index contributed by atoms with van der Waals surface area (Å²) in [4.78, 5) is 33.9. The summed E-state index contributed by atoms with van der Waals surface area (Å²) >= 11 is 0. The number of carboxylic acids is 1. The third kappa shape index (κ3) is 9.73. The van der Waals surface area contributed by atoms with Crippen LogP contribution in [0, 0.1) is 0 Å². The number of ether oxygens (including phenoxy) is 2. The molecule has 0 aliphatic carbocycles. The lowest BCUT2D eigenvalue weighted by atomic mass is 10.2. The van der Waals surface area contributed by atoms with Gasteiger partial charge in [-0.1, -0.05) is 0 Å². The van der Waals surface area contributed by atoms with Crippen LogP contribution in [0.25, 0.3) is 0 Å². The molecule has 0 fully saturated rings. The topological polar surface area (TPSA) is 93.1 Å². The highest BCUT2D eigenvalue weighted by atomic mass is 16.6. The Hall–Kier alpha value is -1.47. The number of carboxylic acid groups (broad SMARTS) is 1. The molecule has 0 atom stereocenters. The minimum atomic E-state index is -1.53. The molecule has 0 spiro atoms. The molecular formula is C11H19NO6. The monoisotopic (exact) mass is 261 g/mol. The van der Waals surface area contributed by atoms with Gasteiger partial charge in [0, 0.05) is 13.0 Å². The Morgan fingerprint density at radius 3 is 2.28 bits per heavy atom. The lowest BCUT2D eigenvalue weighted by Crippen LogP contribution is -2.20. The molecule has 0 bridgehead atoms. The van der Waals surface area contributed by atoms with Gasteiger partial charge in [-0.05, 0) is 14.1 Å². The largest absolute Gasteiger partial charge is 0.476 e. The average Bonchev–Trinajstić information content (AvgIpc) is 2.29. The third-order valence-electron chi connectivity index (χ3n) is 1.97. The second-order valence-electron chi connectivity index (χ2n) is 3.86. The third-order valence-corrected chi connectivity index (χ3v) is 1.97. The van der Waals surface area contributed by atoms with Gasteiger partial charge in [0.15, 0.2) is 0 Å². The maximum Gasteiger partial charge on any atom is 0.372 e. The SMILES string of the molecule is CN(C)CCOCCOC(=O)CCC(=O)C(=O)O. The minimum Gasteiger partial charge on any atom is -0.476 e. The van der Waals surface area contributed by atoms with Gasteiger partial charge in [-0.2, -0.15) is 0 Å². The predicted molar refractivity (Wildman–Crippen MR) is 62.2 cm³/mol. The summed E-state index contributed by atoms with van der Waals surface area (Å²) < 4.78 is 9.94. The summed E-state index contributed by atoms with van der Waals surface area (Å²) in [7, 11) is 3.84. The van der Waals surface area contributed by atoms with Crippen LogP contribution in [0.5, 0.6) is 0 Å². The molecule has 0 amide bonds. The van der Waals surface area contributed by atoms with Gasteiger partial charge in [0.1, 0.15) is 6.61 Å². The lowest BCUT2D eigenvalue weighted by molar-refractivity contribution is -0.151. The highest BCUT2D eigenvalue weighted by Crippen LogP contribution is 1.95. The number of hydrogen-bond donors (Lipinski definition) is 1. The van der Waals surface area contributed by atoms with E-state index in [0.29, 0.717) is 6.61 Å². The van der Waals surface area contributed by atoms with E-state index in [1.54, 1.807) is 0 Å². The van der Waals surface area contributed by atoms with Crippen LogP contribution in [-0.4, -0.2) is 68.2 Å². The molecule has 0 saturated heterocycles. The maximum absolute atomic E-state index is 11.1. The second kappa shape index (κ2) is 9.55. The molecule has 0 aromatic rings. The second-order valence-corrected chi connectivity index (χ2v) is 3.86. The van der Waals surface area contributed by atoms with Crippen molar-refractivity contribution in [2.75, 3.05) is 40.5 Å². The van der Waals surface area contributed by atoms with Gasteiger partial charge in [0.2, 0.25) is 5.78 Å². The molecule has 0 aromatic heterocycles. The molecule has 0 aliphatic rings. The van der Waals surface area contributed by atoms with E-state index < -0.39 is 17.7 Å². The van der Waals surface area contributed by atoms with Crippen molar-refractivity contribution in [3.8, 4) is 0 Å². The van der Waals surface area contributed by atoms with E-state index in [1.165, 1.54) is 0 Å². The molecule has 0 saturated carbocycles. The summed E-state index contributed by atoms with van der Waals surface area (Å²) in [5.74, 6) is -3.12. The van der Waals surface area contributed by atoms with Gasteiger partial charge in [-0.3, -0.25) is 9.59 Å². The number of aliphatic carboxylic acids is 1. The number of carbonyl (C=O) groups is 3. The smallest absolute Gasteiger partial charge is 0.372 e. The number of ketones is 1. The summed E-state index contributed by atoms with van der Waals surface area (Å²) in [5, 5.41) is 8.29. The molecule has 0 aromatic carbocycles. The standard InChI is InChI=1S/C11H19NO6/c1-12(2)5-6-17-7-8-18-10(14)4-3-9(13)11(15)16/h3-8H2,1-2H3,(H,15,16). The van der Waals surface area contributed by atoms with Gasteiger partial charge in [0.05, 0.1) is 19.6 Å². The molecule has 7 heteroatoms. The van der Waals surface area contributed by atoms with Crippen molar-refractivity contribution in [1.29, 1.82) is 0 Å². The van der Waals surface area contributed by atoms with Crippen LogP contribution in [0.3, 0.4) is 0 Å². The quantitative estimate of drug-likeness (QED) is 0.323. The van der Waals surface area contributed by atoms with E-state index in [0.717, 1.165) is 6.54 Å². The number of hydrogen-bond acceptors (Lipinski definition) is 6. The summed E-state index contributed by atoms with van der Waals surface area (Å²) in [6.07, 6.45) is -0.557. The first-order valence-electron chi connectivity index (χ1n) is 5.57. The Bertz CT molecular complexity index is 289. The zero-order valence-electron chi connectivity index (χ0n) is 10.7. The minimum absolute atomic E-state index is 0.105. The molecule has 18 heavy (non-hydrogen) atoms. The highest BCUT2D eigenvalue weighted by Gasteiger charge is 2.13. The first-order valence-corrected chi connectivity index (χ1v) is 5.57. The number of rotatable bonds is 10. The fourth-order valence-electron chi connectivity index (χ4n) is 0.958. The molecule has 0 aliphatic heterocycles. The van der Waals surface area contributed by atoms with Crippen molar-refractivity contribution in [1.82, 2.24) is 4.90 Å². The predicted octanol–water partition coefficient (Wildman–Crippen LogP) is -0.458. The number of likely N-dealkylation sites (N-methyl/N-ethyl adjacent to an activating group) is 1. The maximum atomic E-state index is 11.1. The Morgan fingerprint density at radius 1 is 1.06 bits per heavy atom. The Balaban J connectivity index is 3.43. The first kappa shape index (κ1) is 16.5. The van der Waals surface area contributed by atoms with Crippen LogP contribution in [0.2, 0.25) is 0 Å². The van der Waals surface area contributed by atoms with Gasteiger partial charge >= 0.3 is 11.9 Å². The zero-order valence-corrected chi connectivity index (χ0v) is 10.7. The molecule has 0 radical (unpaired) electrons. The lowest BCUT2D eigenvalue weighted by Gasteiger charge is -2.09. The number of nitrogens with zero attached hydrogens (tertiary/aromatic N) is 1. The Morgan fingerprint density at radius 2 is 1.72 bits per heavy atom. The zero-order chi connectivity index (χ0) is 14.0.